The standard InChI is InChI=1S/C7H8BIO/c1-6-4-2-3-5-7(6)8-10-9/h2-5,8H,1H3. The molecule has 0 amide bonds. The third kappa shape index (κ3) is 1.99. The van der Waals surface area contributed by atoms with E-state index in [2.05, 4.69) is 19.1 Å². The Labute approximate surface area is 75.7 Å². The topological polar surface area (TPSA) is 9.23 Å². The zero-order chi connectivity index (χ0) is 7.40. The molecular formula is C7H8BIO. The van der Waals surface area contributed by atoms with Gasteiger partial charge in [0, 0.05) is 0 Å². The Morgan fingerprint density at radius 2 is 2.10 bits per heavy atom. The van der Waals surface area contributed by atoms with Crippen LogP contribution in [0.15, 0.2) is 24.3 Å². The minimum atomic E-state index is 0.702. The lowest BCUT2D eigenvalue weighted by Gasteiger charge is -1.98. The van der Waals surface area contributed by atoms with Crippen LogP contribution in [0, 0.1) is 6.92 Å². The normalized spacial score (nSPS) is 9.40. The monoisotopic (exact) mass is 246 g/mol. The molecular weight excluding hydrogens is 238 g/mol. The van der Waals surface area contributed by atoms with E-state index >= 15 is 0 Å². The third-order valence-electron chi connectivity index (χ3n) is 1.47. The van der Waals surface area contributed by atoms with Gasteiger partial charge in [-0.3, -0.25) is 0 Å². The summed E-state index contributed by atoms with van der Waals surface area (Å²) in [5.41, 5.74) is 2.55. The number of hydrogen-bond acceptors (Lipinski definition) is 1. The SMILES string of the molecule is Cc1ccccc1BOI. The number of halogens is 1. The van der Waals surface area contributed by atoms with Crippen molar-refractivity contribution in [3.8, 4) is 0 Å². The highest BCUT2D eigenvalue weighted by Crippen LogP contribution is 1.93. The van der Waals surface area contributed by atoms with Gasteiger partial charge in [-0.15, -0.1) is 0 Å². The summed E-state index contributed by atoms with van der Waals surface area (Å²) in [6.07, 6.45) is 0. The highest BCUT2D eigenvalue weighted by Gasteiger charge is 1.96. The minimum absolute atomic E-state index is 0.702. The largest absolute Gasteiger partial charge is 0.376 e. The van der Waals surface area contributed by atoms with E-state index in [1.165, 1.54) is 11.0 Å². The van der Waals surface area contributed by atoms with Crippen molar-refractivity contribution in [3.63, 3.8) is 0 Å². The molecule has 0 atom stereocenters. The van der Waals surface area contributed by atoms with Gasteiger partial charge in [-0.1, -0.05) is 29.8 Å². The molecule has 1 aromatic rings. The fourth-order valence-electron chi connectivity index (χ4n) is 0.831. The third-order valence-corrected chi connectivity index (χ3v) is 1.78. The van der Waals surface area contributed by atoms with Gasteiger partial charge in [-0.25, -0.2) is 0 Å². The fraction of sp³-hybridized carbons (Fsp3) is 0.143. The van der Waals surface area contributed by atoms with E-state index in [9.17, 15) is 0 Å². The second kappa shape index (κ2) is 3.98. The minimum Gasteiger partial charge on any atom is -0.376 e. The maximum absolute atomic E-state index is 4.98. The lowest BCUT2D eigenvalue weighted by Crippen LogP contribution is -2.16. The van der Waals surface area contributed by atoms with Crippen LogP contribution < -0.4 is 5.46 Å². The zero-order valence-corrected chi connectivity index (χ0v) is 7.96. The van der Waals surface area contributed by atoms with Crippen LogP contribution in [0.5, 0.6) is 0 Å². The molecule has 0 unspecified atom stereocenters. The van der Waals surface area contributed by atoms with Crippen LogP contribution in [0.1, 0.15) is 5.56 Å². The number of benzene rings is 1. The van der Waals surface area contributed by atoms with E-state index in [4.69, 9.17) is 2.98 Å². The molecule has 0 saturated carbocycles. The molecule has 52 valence electrons. The Morgan fingerprint density at radius 1 is 1.40 bits per heavy atom. The van der Waals surface area contributed by atoms with E-state index in [0.717, 1.165) is 0 Å². The summed E-state index contributed by atoms with van der Waals surface area (Å²) in [5.74, 6) is 0. The van der Waals surface area contributed by atoms with E-state index in [0.29, 0.717) is 7.48 Å². The summed E-state index contributed by atoms with van der Waals surface area (Å²) in [7, 11) is 0.702. The molecule has 0 aliphatic heterocycles. The van der Waals surface area contributed by atoms with E-state index in [1.54, 1.807) is 0 Å². The second-order valence-corrected chi connectivity index (χ2v) is 2.80. The molecule has 0 bridgehead atoms. The average molecular weight is 246 g/mol. The molecule has 1 nitrogen and oxygen atoms in total. The molecule has 0 fully saturated rings. The van der Waals surface area contributed by atoms with Crippen LogP contribution in [0.3, 0.4) is 0 Å². The van der Waals surface area contributed by atoms with Gasteiger partial charge in [0.05, 0.1) is 23.0 Å². The molecule has 3 heteroatoms. The van der Waals surface area contributed by atoms with Gasteiger partial charge in [-0.05, 0) is 12.4 Å². The van der Waals surface area contributed by atoms with Crippen molar-refractivity contribution in [2.75, 3.05) is 0 Å². The molecule has 0 aliphatic rings. The van der Waals surface area contributed by atoms with Gasteiger partial charge in [0.15, 0.2) is 0 Å². The molecule has 10 heavy (non-hydrogen) atoms. The van der Waals surface area contributed by atoms with Gasteiger partial charge < -0.3 is 2.98 Å². The number of aryl methyl sites for hydroxylation is 1. The first-order valence-corrected chi connectivity index (χ1v) is 4.00. The fourth-order valence-corrected chi connectivity index (χ4v) is 1.17. The van der Waals surface area contributed by atoms with Crippen LogP contribution in [-0.4, -0.2) is 7.48 Å². The lowest BCUT2D eigenvalue weighted by atomic mass is 9.85. The number of rotatable bonds is 2. The molecule has 0 heterocycles. The molecule has 0 aromatic heterocycles. The maximum atomic E-state index is 4.98. The predicted molar refractivity (Wildman–Crippen MR) is 53.1 cm³/mol. The first-order chi connectivity index (χ1) is 4.84. The Bertz CT molecular complexity index is 215. The Balaban J connectivity index is 2.81. The van der Waals surface area contributed by atoms with Crippen molar-refractivity contribution in [1.29, 1.82) is 0 Å². The Morgan fingerprint density at radius 3 is 2.70 bits per heavy atom. The molecule has 0 saturated heterocycles. The lowest BCUT2D eigenvalue weighted by molar-refractivity contribution is 0.791. The van der Waals surface area contributed by atoms with Crippen LogP contribution in [0.25, 0.3) is 0 Å². The van der Waals surface area contributed by atoms with E-state index in [-0.39, 0.29) is 0 Å². The van der Waals surface area contributed by atoms with Crippen LogP contribution in [0.4, 0.5) is 0 Å². The highest BCUT2D eigenvalue weighted by atomic mass is 127. The molecule has 0 radical (unpaired) electrons. The summed E-state index contributed by atoms with van der Waals surface area (Å²) in [5, 5.41) is 0. The van der Waals surface area contributed by atoms with Gasteiger partial charge >= 0.3 is 7.48 Å². The first-order valence-electron chi connectivity index (χ1n) is 3.12. The molecule has 1 aromatic carbocycles. The summed E-state index contributed by atoms with van der Waals surface area (Å²) >= 11 is 1.91. The van der Waals surface area contributed by atoms with Crippen molar-refractivity contribution < 1.29 is 2.98 Å². The predicted octanol–water partition coefficient (Wildman–Crippen LogP) is 1.34. The molecule has 0 spiro atoms. The average Bonchev–Trinajstić information content (AvgIpc) is 1.94. The molecule has 1 rings (SSSR count). The van der Waals surface area contributed by atoms with Crippen molar-refractivity contribution in [3.05, 3.63) is 29.8 Å². The van der Waals surface area contributed by atoms with Crippen LogP contribution >= 0.6 is 23.0 Å². The van der Waals surface area contributed by atoms with Crippen molar-refractivity contribution in [2.45, 2.75) is 6.92 Å². The highest BCUT2D eigenvalue weighted by molar-refractivity contribution is 14.1. The number of hydrogen-bond donors (Lipinski definition) is 0. The smallest absolute Gasteiger partial charge is 0.324 e. The van der Waals surface area contributed by atoms with Crippen molar-refractivity contribution >= 4 is 36.0 Å². The molecule has 0 N–H and O–H groups in total. The summed E-state index contributed by atoms with van der Waals surface area (Å²) in [4.78, 5) is 0. The summed E-state index contributed by atoms with van der Waals surface area (Å²) in [6.45, 7) is 2.09. The van der Waals surface area contributed by atoms with Crippen molar-refractivity contribution in [2.24, 2.45) is 0 Å². The van der Waals surface area contributed by atoms with Crippen LogP contribution in [0.2, 0.25) is 0 Å². The van der Waals surface area contributed by atoms with E-state index in [1.807, 2.05) is 35.1 Å². The quantitative estimate of drug-likeness (QED) is 0.565. The summed E-state index contributed by atoms with van der Waals surface area (Å²) < 4.78 is 4.98. The Hall–Kier alpha value is -0.0251. The zero-order valence-electron chi connectivity index (χ0n) is 5.80. The first kappa shape index (κ1) is 8.08. The van der Waals surface area contributed by atoms with Gasteiger partial charge in [0.25, 0.3) is 0 Å². The molecule has 0 aliphatic carbocycles. The van der Waals surface area contributed by atoms with Gasteiger partial charge in [0.2, 0.25) is 0 Å². The maximum Gasteiger partial charge on any atom is 0.324 e. The Kier molecular flexibility index (Phi) is 3.21. The van der Waals surface area contributed by atoms with Crippen molar-refractivity contribution in [1.82, 2.24) is 0 Å². The van der Waals surface area contributed by atoms with E-state index < -0.39 is 0 Å². The van der Waals surface area contributed by atoms with Gasteiger partial charge in [-0.2, -0.15) is 0 Å². The van der Waals surface area contributed by atoms with Crippen LogP contribution in [-0.2, 0) is 2.98 Å². The van der Waals surface area contributed by atoms with Gasteiger partial charge in [0.1, 0.15) is 0 Å². The second-order valence-electron chi connectivity index (χ2n) is 2.18. The summed E-state index contributed by atoms with van der Waals surface area (Å²) in [6, 6.07) is 8.23.